The number of aromatic hydroxyl groups is 1. The van der Waals surface area contributed by atoms with E-state index in [1.165, 1.54) is 5.56 Å². The van der Waals surface area contributed by atoms with E-state index in [1.54, 1.807) is 0 Å². The Labute approximate surface area is 124 Å². The van der Waals surface area contributed by atoms with Gasteiger partial charge in [0.15, 0.2) is 0 Å². The fourth-order valence-electron chi connectivity index (χ4n) is 2.35. The van der Waals surface area contributed by atoms with Gasteiger partial charge in [0.05, 0.1) is 0 Å². The molecule has 0 unspecified atom stereocenters. The van der Waals surface area contributed by atoms with Gasteiger partial charge in [-0.25, -0.2) is 0 Å². The molecule has 1 rings (SSSR count). The second-order valence-corrected chi connectivity index (χ2v) is 7.87. The average Bonchev–Trinajstić information content (AvgIpc) is 2.28. The summed E-state index contributed by atoms with van der Waals surface area (Å²) in [6, 6.07) is 4.33. The van der Waals surface area contributed by atoms with Crippen LogP contribution in [0.25, 0.3) is 0 Å². The molecule has 114 valence electrons. The van der Waals surface area contributed by atoms with Crippen LogP contribution >= 0.6 is 0 Å². The maximum Gasteiger partial charge on any atom is 0.123 e. The van der Waals surface area contributed by atoms with Crippen LogP contribution in [0.3, 0.4) is 0 Å². The fourth-order valence-corrected chi connectivity index (χ4v) is 2.35. The molecule has 1 aromatic carbocycles. The molecule has 2 nitrogen and oxygen atoms in total. The predicted octanol–water partition coefficient (Wildman–Crippen LogP) is 4.44. The summed E-state index contributed by atoms with van der Waals surface area (Å²) in [4.78, 5) is 2.28. The highest BCUT2D eigenvalue weighted by atomic mass is 16.3. The Hall–Kier alpha value is -1.02. The van der Waals surface area contributed by atoms with Gasteiger partial charge in [-0.15, -0.1) is 0 Å². The molecule has 0 aliphatic heterocycles. The molecule has 1 N–H and O–H groups in total. The van der Waals surface area contributed by atoms with Crippen molar-refractivity contribution in [3.63, 3.8) is 0 Å². The van der Waals surface area contributed by atoms with Gasteiger partial charge in [0.2, 0.25) is 0 Å². The lowest BCUT2D eigenvalue weighted by molar-refractivity contribution is 0.344. The van der Waals surface area contributed by atoms with E-state index in [4.69, 9.17) is 0 Å². The summed E-state index contributed by atoms with van der Waals surface area (Å²) in [5, 5.41) is 10.7. The molecule has 20 heavy (non-hydrogen) atoms. The van der Waals surface area contributed by atoms with E-state index < -0.39 is 0 Å². The van der Waals surface area contributed by atoms with E-state index >= 15 is 0 Å². The lowest BCUT2D eigenvalue weighted by Crippen LogP contribution is -2.21. The molecule has 0 saturated carbocycles. The SMILES string of the molecule is CCN(C)Cc1cc(C(C)(C)C)c(O)c(C(C)(C)C)c1. The van der Waals surface area contributed by atoms with Crippen LogP contribution in [0.4, 0.5) is 0 Å². The van der Waals surface area contributed by atoms with Crippen molar-refractivity contribution < 1.29 is 5.11 Å². The van der Waals surface area contributed by atoms with Gasteiger partial charge >= 0.3 is 0 Å². The third-order valence-electron chi connectivity index (χ3n) is 3.78. The summed E-state index contributed by atoms with van der Waals surface area (Å²) in [6.07, 6.45) is 0. The van der Waals surface area contributed by atoms with Crippen LogP contribution in [-0.4, -0.2) is 23.6 Å². The maximum atomic E-state index is 10.7. The zero-order chi connectivity index (χ0) is 15.7. The first kappa shape index (κ1) is 17.0. The molecule has 0 aromatic heterocycles. The highest BCUT2D eigenvalue weighted by Gasteiger charge is 2.26. The molecule has 0 atom stereocenters. The Balaban J connectivity index is 3.42. The number of rotatable bonds is 3. The predicted molar refractivity (Wildman–Crippen MR) is 87.5 cm³/mol. The lowest BCUT2D eigenvalue weighted by Gasteiger charge is -2.29. The third kappa shape index (κ3) is 3.99. The Morgan fingerprint density at radius 1 is 0.950 bits per heavy atom. The van der Waals surface area contributed by atoms with Gasteiger partial charge in [-0.1, -0.05) is 60.6 Å². The summed E-state index contributed by atoms with van der Waals surface area (Å²) in [5.41, 5.74) is 3.27. The Bertz CT molecular complexity index is 428. The number of phenolic OH excluding ortho intramolecular Hbond substituents is 1. The largest absolute Gasteiger partial charge is 0.507 e. The van der Waals surface area contributed by atoms with Crippen molar-refractivity contribution in [3.8, 4) is 5.75 Å². The van der Waals surface area contributed by atoms with Crippen molar-refractivity contribution in [1.82, 2.24) is 4.90 Å². The molecular formula is C18H31NO. The molecule has 0 radical (unpaired) electrons. The van der Waals surface area contributed by atoms with E-state index in [2.05, 4.69) is 72.5 Å². The smallest absolute Gasteiger partial charge is 0.123 e. The Morgan fingerprint density at radius 2 is 1.35 bits per heavy atom. The fraction of sp³-hybridized carbons (Fsp3) is 0.667. The van der Waals surface area contributed by atoms with Crippen LogP contribution in [0.5, 0.6) is 5.75 Å². The van der Waals surface area contributed by atoms with Crippen molar-refractivity contribution in [2.24, 2.45) is 0 Å². The summed E-state index contributed by atoms with van der Waals surface area (Å²) < 4.78 is 0. The van der Waals surface area contributed by atoms with Crippen LogP contribution in [0, 0.1) is 0 Å². The van der Waals surface area contributed by atoms with Gasteiger partial charge in [0, 0.05) is 6.54 Å². The molecule has 0 bridgehead atoms. The minimum absolute atomic E-state index is 0.0507. The molecule has 1 aromatic rings. The van der Waals surface area contributed by atoms with E-state index in [0.29, 0.717) is 5.75 Å². The summed E-state index contributed by atoms with van der Waals surface area (Å²) in [5.74, 6) is 0.466. The van der Waals surface area contributed by atoms with Gasteiger partial charge in [0.25, 0.3) is 0 Å². The number of phenols is 1. The van der Waals surface area contributed by atoms with E-state index in [-0.39, 0.29) is 10.8 Å². The van der Waals surface area contributed by atoms with E-state index in [9.17, 15) is 5.11 Å². The highest BCUT2D eigenvalue weighted by molar-refractivity contribution is 5.49. The molecule has 0 saturated heterocycles. The normalized spacial score (nSPS) is 13.1. The van der Waals surface area contributed by atoms with E-state index in [0.717, 1.165) is 24.2 Å². The van der Waals surface area contributed by atoms with Crippen LogP contribution in [-0.2, 0) is 17.4 Å². The lowest BCUT2D eigenvalue weighted by atomic mass is 9.78. The topological polar surface area (TPSA) is 23.5 Å². The molecule has 0 fully saturated rings. The van der Waals surface area contributed by atoms with Gasteiger partial charge < -0.3 is 10.0 Å². The first-order chi connectivity index (χ1) is 8.96. The summed E-state index contributed by atoms with van der Waals surface area (Å²) in [7, 11) is 2.13. The van der Waals surface area contributed by atoms with Gasteiger partial charge in [-0.05, 0) is 41.1 Å². The zero-order valence-corrected chi connectivity index (χ0v) is 14.5. The Morgan fingerprint density at radius 3 is 1.65 bits per heavy atom. The molecule has 0 spiro atoms. The van der Waals surface area contributed by atoms with Crippen molar-refractivity contribution in [1.29, 1.82) is 0 Å². The van der Waals surface area contributed by atoms with Gasteiger partial charge in [-0.3, -0.25) is 0 Å². The van der Waals surface area contributed by atoms with Crippen LogP contribution in [0.1, 0.15) is 65.2 Å². The molecule has 0 amide bonds. The molecule has 0 heterocycles. The second-order valence-electron chi connectivity index (χ2n) is 7.87. The maximum absolute atomic E-state index is 10.7. The standard InChI is InChI=1S/C18H31NO/c1-9-19(8)12-13-10-14(17(2,3)4)16(20)15(11-13)18(5,6)7/h10-11,20H,9,12H2,1-8H3. The van der Waals surface area contributed by atoms with Crippen molar-refractivity contribution in [2.45, 2.75) is 65.8 Å². The average molecular weight is 277 g/mol. The first-order valence-corrected chi connectivity index (χ1v) is 7.52. The number of benzene rings is 1. The highest BCUT2D eigenvalue weighted by Crippen LogP contribution is 2.39. The van der Waals surface area contributed by atoms with E-state index in [1.807, 2.05) is 0 Å². The molecular weight excluding hydrogens is 246 g/mol. The summed E-state index contributed by atoms with van der Waals surface area (Å²) >= 11 is 0. The molecule has 2 heteroatoms. The van der Waals surface area contributed by atoms with Gasteiger partial charge in [-0.2, -0.15) is 0 Å². The van der Waals surface area contributed by atoms with Crippen LogP contribution in [0.2, 0.25) is 0 Å². The minimum atomic E-state index is -0.0507. The number of hydrogen-bond acceptors (Lipinski definition) is 2. The van der Waals surface area contributed by atoms with Gasteiger partial charge in [0.1, 0.15) is 5.75 Å². The third-order valence-corrected chi connectivity index (χ3v) is 3.78. The van der Waals surface area contributed by atoms with Crippen LogP contribution in [0.15, 0.2) is 12.1 Å². The number of hydrogen-bond donors (Lipinski definition) is 1. The molecule has 0 aliphatic carbocycles. The molecule has 0 aliphatic rings. The van der Waals surface area contributed by atoms with Crippen molar-refractivity contribution in [3.05, 3.63) is 28.8 Å². The van der Waals surface area contributed by atoms with Crippen LogP contribution < -0.4 is 0 Å². The number of nitrogens with zero attached hydrogens (tertiary/aromatic N) is 1. The second kappa shape index (κ2) is 5.77. The monoisotopic (exact) mass is 277 g/mol. The quantitative estimate of drug-likeness (QED) is 0.883. The van der Waals surface area contributed by atoms with Crippen molar-refractivity contribution in [2.75, 3.05) is 13.6 Å². The summed E-state index contributed by atoms with van der Waals surface area (Å²) in [6.45, 7) is 17.0. The first-order valence-electron chi connectivity index (χ1n) is 7.52. The van der Waals surface area contributed by atoms with Crippen molar-refractivity contribution >= 4 is 0 Å². The zero-order valence-electron chi connectivity index (χ0n) is 14.5. The minimum Gasteiger partial charge on any atom is -0.507 e. The Kier molecular flexibility index (Phi) is 4.91.